The van der Waals surface area contributed by atoms with Crippen molar-refractivity contribution in [3.05, 3.63) is 23.9 Å². The number of carbonyl (C=O) groups is 2. The first kappa shape index (κ1) is 16.1. The Hall–Kier alpha value is -2.32. The van der Waals surface area contributed by atoms with Crippen LogP contribution >= 0.6 is 0 Å². The fourth-order valence-electron chi connectivity index (χ4n) is 2.03. The third-order valence-corrected chi connectivity index (χ3v) is 3.21. The molecule has 1 fully saturated rings. The average molecular weight is 318 g/mol. The normalized spacial score (nSPS) is 20.9. The highest BCUT2D eigenvalue weighted by molar-refractivity contribution is 5.96. The lowest BCUT2D eigenvalue weighted by atomic mass is 9.80. The molecule has 0 atom stereocenters. The lowest BCUT2D eigenvalue weighted by Crippen LogP contribution is -2.46. The van der Waals surface area contributed by atoms with Gasteiger partial charge in [-0.15, -0.1) is 0 Å². The van der Waals surface area contributed by atoms with Crippen molar-refractivity contribution in [1.82, 2.24) is 10.3 Å². The number of amides is 1. The Morgan fingerprint density at radius 1 is 1.41 bits per heavy atom. The van der Waals surface area contributed by atoms with Crippen LogP contribution in [0.1, 0.15) is 23.2 Å². The first-order valence-electron chi connectivity index (χ1n) is 6.44. The minimum Gasteiger partial charge on any atom is -0.481 e. The van der Waals surface area contributed by atoms with Crippen molar-refractivity contribution in [2.45, 2.75) is 25.1 Å². The number of nitrogens with one attached hydrogen (secondary N) is 1. The maximum Gasteiger partial charge on any atom is 0.422 e. The molecule has 1 amide bonds. The molecule has 6 nitrogen and oxygen atoms in total. The molecule has 1 heterocycles. The van der Waals surface area contributed by atoms with Crippen LogP contribution in [0.4, 0.5) is 13.2 Å². The Labute approximate surface area is 123 Å². The van der Waals surface area contributed by atoms with Gasteiger partial charge in [0, 0.05) is 12.2 Å². The van der Waals surface area contributed by atoms with Crippen molar-refractivity contribution in [1.29, 1.82) is 0 Å². The highest BCUT2D eigenvalue weighted by atomic mass is 19.4. The lowest BCUT2D eigenvalue weighted by Gasteiger charge is -2.32. The van der Waals surface area contributed by atoms with E-state index in [4.69, 9.17) is 5.11 Å². The minimum absolute atomic E-state index is 0.120. The molecular formula is C13H13F3N2O4. The van der Waals surface area contributed by atoms with Gasteiger partial charge in [0.05, 0.1) is 5.92 Å². The molecule has 0 radical (unpaired) electrons. The van der Waals surface area contributed by atoms with Gasteiger partial charge in [0.25, 0.3) is 5.91 Å². The molecule has 1 saturated carbocycles. The second kappa shape index (κ2) is 6.20. The Kier molecular flexibility index (Phi) is 4.53. The highest BCUT2D eigenvalue weighted by Crippen LogP contribution is 2.28. The summed E-state index contributed by atoms with van der Waals surface area (Å²) in [5, 5.41) is 11.3. The van der Waals surface area contributed by atoms with Crippen LogP contribution in [0.2, 0.25) is 0 Å². The predicted octanol–water partition coefficient (Wildman–Crippen LogP) is 1.62. The molecule has 0 saturated heterocycles. The predicted molar refractivity (Wildman–Crippen MR) is 67.4 cm³/mol. The van der Waals surface area contributed by atoms with E-state index in [9.17, 15) is 22.8 Å². The van der Waals surface area contributed by atoms with Crippen molar-refractivity contribution >= 4 is 11.9 Å². The van der Waals surface area contributed by atoms with Gasteiger partial charge in [-0.1, -0.05) is 0 Å². The number of aliphatic carboxylic acids is 1. The number of alkyl halides is 3. The molecule has 1 aliphatic rings. The van der Waals surface area contributed by atoms with Gasteiger partial charge in [-0.05, 0) is 25.0 Å². The number of rotatable bonds is 5. The Bertz CT molecular complexity index is 571. The second-order valence-electron chi connectivity index (χ2n) is 4.94. The zero-order valence-corrected chi connectivity index (χ0v) is 11.3. The molecule has 1 aromatic rings. The molecule has 9 heteroatoms. The van der Waals surface area contributed by atoms with E-state index in [0.717, 1.165) is 0 Å². The van der Waals surface area contributed by atoms with Crippen LogP contribution < -0.4 is 10.1 Å². The zero-order chi connectivity index (χ0) is 16.3. The Morgan fingerprint density at radius 3 is 2.68 bits per heavy atom. The van der Waals surface area contributed by atoms with Crippen molar-refractivity contribution in [2.75, 3.05) is 6.61 Å². The van der Waals surface area contributed by atoms with Crippen molar-refractivity contribution in [3.8, 4) is 5.88 Å². The number of halogens is 3. The summed E-state index contributed by atoms with van der Waals surface area (Å²) in [5.74, 6) is -2.48. The largest absolute Gasteiger partial charge is 0.481 e. The SMILES string of the molecule is O=C(NC1CC(C(=O)O)C1)c1cccnc1OCC(F)(F)F. The zero-order valence-electron chi connectivity index (χ0n) is 11.3. The molecule has 0 aliphatic heterocycles. The smallest absolute Gasteiger partial charge is 0.422 e. The second-order valence-corrected chi connectivity index (χ2v) is 4.94. The van der Waals surface area contributed by atoms with E-state index >= 15 is 0 Å². The first-order chi connectivity index (χ1) is 10.3. The molecule has 0 aromatic carbocycles. The quantitative estimate of drug-likeness (QED) is 0.861. The van der Waals surface area contributed by atoms with Crippen LogP contribution in [0.5, 0.6) is 5.88 Å². The summed E-state index contributed by atoms with van der Waals surface area (Å²) in [6, 6.07) is 2.38. The summed E-state index contributed by atoms with van der Waals surface area (Å²) in [7, 11) is 0. The molecule has 22 heavy (non-hydrogen) atoms. The number of ether oxygens (including phenoxy) is 1. The summed E-state index contributed by atoms with van der Waals surface area (Å²) in [4.78, 5) is 26.3. The summed E-state index contributed by atoms with van der Waals surface area (Å²) in [5.41, 5.74) is -0.120. The maximum absolute atomic E-state index is 12.2. The first-order valence-corrected chi connectivity index (χ1v) is 6.44. The van der Waals surface area contributed by atoms with Gasteiger partial charge in [-0.2, -0.15) is 13.2 Å². The molecule has 0 unspecified atom stereocenters. The van der Waals surface area contributed by atoms with Crippen LogP contribution in [0.25, 0.3) is 0 Å². The molecule has 1 aliphatic carbocycles. The van der Waals surface area contributed by atoms with Gasteiger partial charge in [0.15, 0.2) is 6.61 Å². The van der Waals surface area contributed by atoms with Crippen LogP contribution in [0, 0.1) is 5.92 Å². The standard InChI is InChI=1S/C13H13F3N2O4/c14-13(15,16)6-22-11-9(2-1-3-17-11)10(19)18-8-4-7(5-8)12(20)21/h1-3,7-8H,4-6H2,(H,18,19)(H,20,21). The minimum atomic E-state index is -4.53. The lowest BCUT2D eigenvalue weighted by molar-refractivity contribution is -0.154. The third-order valence-electron chi connectivity index (χ3n) is 3.21. The summed E-state index contributed by atoms with van der Waals surface area (Å²) >= 11 is 0. The summed E-state index contributed by atoms with van der Waals surface area (Å²) in [6.07, 6.45) is -2.74. The highest BCUT2D eigenvalue weighted by Gasteiger charge is 2.36. The van der Waals surface area contributed by atoms with Crippen LogP contribution in [0.15, 0.2) is 18.3 Å². The number of hydrogen-bond donors (Lipinski definition) is 2. The molecule has 1 aromatic heterocycles. The number of nitrogens with zero attached hydrogens (tertiary/aromatic N) is 1. The van der Waals surface area contributed by atoms with E-state index in [2.05, 4.69) is 15.0 Å². The van der Waals surface area contributed by atoms with Gasteiger partial charge < -0.3 is 15.2 Å². The van der Waals surface area contributed by atoms with Gasteiger partial charge in [0.1, 0.15) is 5.56 Å². The van der Waals surface area contributed by atoms with Crippen molar-refractivity contribution in [3.63, 3.8) is 0 Å². The van der Waals surface area contributed by atoms with E-state index in [1.54, 1.807) is 0 Å². The van der Waals surface area contributed by atoms with Gasteiger partial charge in [-0.25, -0.2) is 4.98 Å². The fraction of sp³-hybridized carbons (Fsp3) is 0.462. The molecule has 2 rings (SSSR count). The van der Waals surface area contributed by atoms with Crippen LogP contribution in [-0.4, -0.2) is 40.8 Å². The molecule has 2 N–H and O–H groups in total. The molecule has 0 spiro atoms. The number of carboxylic acids is 1. The van der Waals surface area contributed by atoms with Gasteiger partial charge >= 0.3 is 12.1 Å². The number of pyridine rings is 1. The monoisotopic (exact) mass is 318 g/mol. The van der Waals surface area contributed by atoms with Gasteiger partial charge in [0.2, 0.25) is 5.88 Å². The molecule has 0 bridgehead atoms. The molecular weight excluding hydrogens is 305 g/mol. The van der Waals surface area contributed by atoms with E-state index < -0.39 is 36.5 Å². The van der Waals surface area contributed by atoms with Crippen LogP contribution in [0.3, 0.4) is 0 Å². The molecule has 120 valence electrons. The van der Waals surface area contributed by atoms with E-state index in [1.165, 1.54) is 18.3 Å². The number of carboxylic acid groups (broad SMARTS) is 1. The maximum atomic E-state index is 12.2. The van der Waals surface area contributed by atoms with Crippen molar-refractivity contribution < 1.29 is 32.6 Å². The van der Waals surface area contributed by atoms with Crippen LogP contribution in [-0.2, 0) is 4.79 Å². The third kappa shape index (κ3) is 4.09. The fourth-order valence-corrected chi connectivity index (χ4v) is 2.03. The number of aromatic nitrogens is 1. The Balaban J connectivity index is 1.97. The number of hydrogen-bond acceptors (Lipinski definition) is 4. The number of carbonyl (C=O) groups excluding carboxylic acids is 1. The summed E-state index contributed by atoms with van der Waals surface area (Å²) in [6.45, 7) is -1.55. The topological polar surface area (TPSA) is 88.5 Å². The average Bonchev–Trinajstić information content (AvgIpc) is 2.39. The van der Waals surface area contributed by atoms with E-state index in [1.807, 2.05) is 0 Å². The van der Waals surface area contributed by atoms with Gasteiger partial charge in [-0.3, -0.25) is 9.59 Å². The summed E-state index contributed by atoms with van der Waals surface area (Å²) < 4.78 is 41.0. The van der Waals surface area contributed by atoms with Crippen molar-refractivity contribution in [2.24, 2.45) is 5.92 Å². The van der Waals surface area contributed by atoms with E-state index in [-0.39, 0.29) is 11.6 Å². The van der Waals surface area contributed by atoms with E-state index in [0.29, 0.717) is 12.8 Å². The Morgan fingerprint density at radius 2 is 2.09 bits per heavy atom.